The van der Waals surface area contributed by atoms with E-state index in [4.69, 9.17) is 0 Å². The number of aliphatic hydroxyl groups is 1. The maximum absolute atomic E-state index is 10.9. The van der Waals surface area contributed by atoms with Crippen molar-refractivity contribution in [3.05, 3.63) is 48.0 Å². The molecule has 1 nitrogen and oxygen atoms in total. The van der Waals surface area contributed by atoms with E-state index < -0.39 is 5.60 Å². The summed E-state index contributed by atoms with van der Waals surface area (Å²) >= 11 is 0. The van der Waals surface area contributed by atoms with Crippen molar-refractivity contribution in [3.8, 4) is 0 Å². The highest BCUT2D eigenvalue weighted by Crippen LogP contribution is 2.32. The van der Waals surface area contributed by atoms with Gasteiger partial charge in [-0.05, 0) is 29.2 Å². The van der Waals surface area contributed by atoms with E-state index in [0.29, 0.717) is 0 Å². The Bertz CT molecular complexity index is 545. The summed E-state index contributed by atoms with van der Waals surface area (Å²) in [6, 6.07) is 14.9. The van der Waals surface area contributed by atoms with Crippen LogP contribution in [0.2, 0.25) is 0 Å². The zero-order valence-electron chi connectivity index (χ0n) is 11.4. The lowest BCUT2D eigenvalue weighted by Crippen LogP contribution is -2.30. The summed E-state index contributed by atoms with van der Waals surface area (Å²) in [6.07, 6.45) is 7.60. The highest BCUT2D eigenvalue weighted by atomic mass is 16.3. The van der Waals surface area contributed by atoms with Crippen LogP contribution in [-0.2, 0) is 6.42 Å². The first-order valence-corrected chi connectivity index (χ1v) is 7.46. The average Bonchev–Trinajstić information content (AvgIpc) is 2.64. The first-order chi connectivity index (χ1) is 9.27. The summed E-state index contributed by atoms with van der Waals surface area (Å²) in [7, 11) is 0. The Labute approximate surface area is 115 Å². The largest absolute Gasteiger partial charge is 0.390 e. The van der Waals surface area contributed by atoms with Gasteiger partial charge in [0.05, 0.1) is 5.60 Å². The quantitative estimate of drug-likeness (QED) is 0.784. The Balaban J connectivity index is 1.92. The van der Waals surface area contributed by atoms with Crippen molar-refractivity contribution < 1.29 is 5.11 Å². The second-order valence-corrected chi connectivity index (χ2v) is 5.95. The fourth-order valence-corrected chi connectivity index (χ4v) is 3.36. The molecule has 1 aliphatic carbocycles. The van der Waals surface area contributed by atoms with E-state index in [-0.39, 0.29) is 0 Å². The molecule has 1 saturated carbocycles. The summed E-state index contributed by atoms with van der Waals surface area (Å²) in [6.45, 7) is 0. The van der Waals surface area contributed by atoms with Gasteiger partial charge in [-0.3, -0.25) is 0 Å². The zero-order valence-corrected chi connectivity index (χ0v) is 11.4. The summed E-state index contributed by atoms with van der Waals surface area (Å²) in [5.41, 5.74) is 0.808. The van der Waals surface area contributed by atoms with E-state index in [2.05, 4.69) is 42.5 Å². The number of rotatable bonds is 2. The molecule has 3 rings (SSSR count). The van der Waals surface area contributed by atoms with E-state index in [1.165, 1.54) is 42.0 Å². The predicted octanol–water partition coefficient (Wildman–Crippen LogP) is 4.47. The SMILES string of the molecule is OC1(Cc2cccc3ccccc23)CCCCCC1. The summed E-state index contributed by atoms with van der Waals surface area (Å²) in [5, 5.41) is 13.4. The van der Waals surface area contributed by atoms with Crippen molar-refractivity contribution in [2.45, 2.75) is 50.5 Å². The lowest BCUT2D eigenvalue weighted by Gasteiger charge is -2.27. The van der Waals surface area contributed by atoms with Crippen molar-refractivity contribution in [1.82, 2.24) is 0 Å². The van der Waals surface area contributed by atoms with Gasteiger partial charge in [0.2, 0.25) is 0 Å². The second kappa shape index (κ2) is 5.34. The molecule has 0 spiro atoms. The molecule has 0 aromatic heterocycles. The average molecular weight is 254 g/mol. The highest BCUT2D eigenvalue weighted by Gasteiger charge is 2.28. The lowest BCUT2D eigenvalue weighted by atomic mass is 9.86. The molecule has 0 amide bonds. The van der Waals surface area contributed by atoms with E-state index in [1.54, 1.807) is 0 Å². The van der Waals surface area contributed by atoms with Gasteiger partial charge in [-0.2, -0.15) is 0 Å². The number of hydrogen-bond donors (Lipinski definition) is 1. The molecule has 2 aromatic carbocycles. The van der Waals surface area contributed by atoms with Gasteiger partial charge in [-0.1, -0.05) is 68.1 Å². The third-order valence-electron chi connectivity index (χ3n) is 4.43. The number of fused-ring (bicyclic) bond motifs is 1. The topological polar surface area (TPSA) is 20.2 Å². The van der Waals surface area contributed by atoms with Crippen LogP contribution in [0.4, 0.5) is 0 Å². The van der Waals surface area contributed by atoms with E-state index >= 15 is 0 Å². The maximum Gasteiger partial charge on any atom is 0.0688 e. The number of benzene rings is 2. The van der Waals surface area contributed by atoms with Gasteiger partial charge in [0.1, 0.15) is 0 Å². The van der Waals surface area contributed by atoms with Crippen LogP contribution in [-0.4, -0.2) is 10.7 Å². The molecule has 1 fully saturated rings. The van der Waals surface area contributed by atoms with Gasteiger partial charge in [0.25, 0.3) is 0 Å². The first kappa shape index (κ1) is 12.7. The monoisotopic (exact) mass is 254 g/mol. The van der Waals surface area contributed by atoms with Crippen LogP contribution < -0.4 is 0 Å². The van der Waals surface area contributed by atoms with E-state index in [1.807, 2.05) is 0 Å². The van der Waals surface area contributed by atoms with Crippen LogP contribution in [0.1, 0.15) is 44.1 Å². The standard InChI is InChI=1S/C18H22O/c19-18(12-5-1-2-6-13-18)14-16-10-7-9-15-8-3-4-11-17(15)16/h3-4,7-11,19H,1-2,5-6,12-14H2. The molecular weight excluding hydrogens is 232 g/mol. The van der Waals surface area contributed by atoms with Gasteiger partial charge < -0.3 is 5.11 Å². The molecule has 0 heterocycles. The minimum absolute atomic E-state index is 0.485. The van der Waals surface area contributed by atoms with Crippen LogP contribution in [0.25, 0.3) is 10.8 Å². The molecular formula is C18H22O. The summed E-state index contributed by atoms with van der Waals surface area (Å²) < 4.78 is 0. The van der Waals surface area contributed by atoms with Crippen LogP contribution in [0.3, 0.4) is 0 Å². The minimum atomic E-state index is -0.485. The molecule has 1 N–H and O–H groups in total. The Morgan fingerprint density at radius 3 is 2.32 bits per heavy atom. The van der Waals surface area contributed by atoms with Crippen molar-refractivity contribution in [2.24, 2.45) is 0 Å². The Kier molecular flexibility index (Phi) is 3.56. The third kappa shape index (κ3) is 2.82. The molecule has 0 saturated heterocycles. The first-order valence-electron chi connectivity index (χ1n) is 7.46. The zero-order chi connectivity index (χ0) is 13.1. The van der Waals surface area contributed by atoms with Crippen LogP contribution >= 0.6 is 0 Å². The fraction of sp³-hybridized carbons (Fsp3) is 0.444. The molecule has 0 radical (unpaired) electrons. The van der Waals surface area contributed by atoms with Crippen molar-refractivity contribution in [3.63, 3.8) is 0 Å². The van der Waals surface area contributed by atoms with Crippen molar-refractivity contribution in [2.75, 3.05) is 0 Å². The molecule has 1 aliphatic rings. The van der Waals surface area contributed by atoms with Crippen molar-refractivity contribution in [1.29, 1.82) is 0 Å². The molecule has 19 heavy (non-hydrogen) atoms. The summed E-state index contributed by atoms with van der Waals surface area (Å²) in [4.78, 5) is 0. The Morgan fingerprint density at radius 2 is 1.53 bits per heavy atom. The van der Waals surface area contributed by atoms with Crippen LogP contribution in [0.5, 0.6) is 0 Å². The molecule has 0 unspecified atom stereocenters. The lowest BCUT2D eigenvalue weighted by molar-refractivity contribution is 0.0255. The van der Waals surface area contributed by atoms with Crippen LogP contribution in [0.15, 0.2) is 42.5 Å². The molecule has 0 atom stereocenters. The fourth-order valence-electron chi connectivity index (χ4n) is 3.36. The van der Waals surface area contributed by atoms with Crippen LogP contribution in [0, 0.1) is 0 Å². The molecule has 0 aliphatic heterocycles. The van der Waals surface area contributed by atoms with Gasteiger partial charge in [0, 0.05) is 6.42 Å². The predicted molar refractivity (Wildman–Crippen MR) is 80.3 cm³/mol. The third-order valence-corrected chi connectivity index (χ3v) is 4.43. The Hall–Kier alpha value is -1.34. The van der Waals surface area contributed by atoms with Gasteiger partial charge in [0.15, 0.2) is 0 Å². The highest BCUT2D eigenvalue weighted by molar-refractivity contribution is 5.85. The smallest absolute Gasteiger partial charge is 0.0688 e. The number of hydrogen-bond acceptors (Lipinski definition) is 1. The molecule has 100 valence electrons. The van der Waals surface area contributed by atoms with Gasteiger partial charge in [-0.15, -0.1) is 0 Å². The maximum atomic E-state index is 10.9. The van der Waals surface area contributed by atoms with Gasteiger partial charge in [-0.25, -0.2) is 0 Å². The molecule has 1 heteroatoms. The van der Waals surface area contributed by atoms with Gasteiger partial charge >= 0.3 is 0 Å². The second-order valence-electron chi connectivity index (χ2n) is 5.95. The molecule has 2 aromatic rings. The normalized spacial score (nSPS) is 19.2. The minimum Gasteiger partial charge on any atom is -0.390 e. The summed E-state index contributed by atoms with van der Waals surface area (Å²) in [5.74, 6) is 0. The van der Waals surface area contributed by atoms with E-state index in [0.717, 1.165) is 19.3 Å². The van der Waals surface area contributed by atoms with Crippen molar-refractivity contribution >= 4 is 10.8 Å². The Morgan fingerprint density at radius 1 is 0.842 bits per heavy atom. The molecule has 0 bridgehead atoms. The van der Waals surface area contributed by atoms with E-state index in [9.17, 15) is 5.11 Å².